The Kier molecular flexibility index (Phi) is 2.79. The first-order valence-electron chi connectivity index (χ1n) is 5.33. The van der Waals surface area contributed by atoms with Gasteiger partial charge in [-0.15, -0.1) is 5.10 Å². The van der Waals surface area contributed by atoms with Gasteiger partial charge in [0, 0.05) is 5.56 Å². The highest BCUT2D eigenvalue weighted by molar-refractivity contribution is 9.10. The van der Waals surface area contributed by atoms with Crippen LogP contribution < -0.4 is 0 Å². The number of halogens is 2. The predicted octanol–water partition coefficient (Wildman–Crippen LogP) is 2.78. The lowest BCUT2D eigenvalue weighted by atomic mass is 10.2. The Morgan fingerprint density at radius 3 is 2.89 bits per heavy atom. The molecule has 0 saturated heterocycles. The zero-order chi connectivity index (χ0) is 12.5. The lowest BCUT2D eigenvalue weighted by molar-refractivity contribution is 0.587. The maximum absolute atomic E-state index is 13.6. The third-order valence-corrected chi connectivity index (χ3v) is 3.24. The van der Waals surface area contributed by atoms with Crippen LogP contribution in [0.1, 0.15) is 5.56 Å². The SMILES string of the molecule is Fc1ccccc1Cn1nc(Br)c2ccnnc21. The van der Waals surface area contributed by atoms with Gasteiger partial charge in [-0.25, -0.2) is 9.07 Å². The zero-order valence-corrected chi connectivity index (χ0v) is 10.8. The Morgan fingerprint density at radius 2 is 2.06 bits per heavy atom. The highest BCUT2D eigenvalue weighted by Gasteiger charge is 2.11. The van der Waals surface area contributed by atoms with Crippen molar-refractivity contribution in [2.75, 3.05) is 0 Å². The van der Waals surface area contributed by atoms with E-state index in [-0.39, 0.29) is 5.82 Å². The summed E-state index contributed by atoms with van der Waals surface area (Å²) in [4.78, 5) is 0. The molecule has 0 aliphatic carbocycles. The van der Waals surface area contributed by atoms with E-state index in [2.05, 4.69) is 31.2 Å². The van der Waals surface area contributed by atoms with Crippen molar-refractivity contribution in [2.24, 2.45) is 0 Å². The average molecular weight is 307 g/mol. The van der Waals surface area contributed by atoms with Crippen LogP contribution in [-0.4, -0.2) is 20.0 Å². The highest BCUT2D eigenvalue weighted by Crippen LogP contribution is 2.21. The van der Waals surface area contributed by atoms with Crippen molar-refractivity contribution in [3.63, 3.8) is 0 Å². The fourth-order valence-electron chi connectivity index (χ4n) is 1.78. The minimum absolute atomic E-state index is 0.249. The number of hydrogen-bond donors (Lipinski definition) is 0. The van der Waals surface area contributed by atoms with Crippen LogP contribution in [0.5, 0.6) is 0 Å². The molecule has 3 rings (SSSR count). The van der Waals surface area contributed by atoms with Gasteiger partial charge in [-0.2, -0.15) is 10.2 Å². The Hall–Kier alpha value is -1.82. The number of aromatic nitrogens is 4. The van der Waals surface area contributed by atoms with Crippen molar-refractivity contribution in [1.29, 1.82) is 0 Å². The van der Waals surface area contributed by atoms with Crippen molar-refractivity contribution in [1.82, 2.24) is 20.0 Å². The van der Waals surface area contributed by atoms with Crippen molar-refractivity contribution < 1.29 is 4.39 Å². The molecule has 0 fully saturated rings. The minimum atomic E-state index is -0.249. The summed E-state index contributed by atoms with van der Waals surface area (Å²) in [5, 5.41) is 13.0. The maximum Gasteiger partial charge on any atom is 0.181 e. The molecule has 4 nitrogen and oxygen atoms in total. The smallest absolute Gasteiger partial charge is 0.181 e. The minimum Gasteiger partial charge on any atom is -0.240 e. The summed E-state index contributed by atoms with van der Waals surface area (Å²) < 4.78 is 15.9. The Labute approximate surface area is 111 Å². The van der Waals surface area contributed by atoms with Gasteiger partial charge in [0.15, 0.2) is 5.65 Å². The largest absolute Gasteiger partial charge is 0.240 e. The Morgan fingerprint density at radius 1 is 1.22 bits per heavy atom. The van der Waals surface area contributed by atoms with Crippen LogP contribution in [0.15, 0.2) is 41.1 Å². The first kappa shape index (κ1) is 11.3. The van der Waals surface area contributed by atoms with E-state index in [9.17, 15) is 4.39 Å². The number of hydrogen-bond acceptors (Lipinski definition) is 3. The molecular weight excluding hydrogens is 299 g/mol. The summed E-state index contributed by atoms with van der Waals surface area (Å²) in [6, 6.07) is 8.44. The topological polar surface area (TPSA) is 43.6 Å². The number of rotatable bonds is 2. The van der Waals surface area contributed by atoms with E-state index >= 15 is 0 Å². The molecule has 2 aromatic heterocycles. The second-order valence-electron chi connectivity index (χ2n) is 3.81. The van der Waals surface area contributed by atoms with Gasteiger partial charge in [0.25, 0.3) is 0 Å². The van der Waals surface area contributed by atoms with Crippen LogP contribution in [0.25, 0.3) is 11.0 Å². The molecule has 1 aromatic carbocycles. The highest BCUT2D eigenvalue weighted by atomic mass is 79.9. The van der Waals surface area contributed by atoms with E-state index in [0.717, 1.165) is 5.39 Å². The summed E-state index contributed by atoms with van der Waals surface area (Å²) in [5.41, 5.74) is 1.20. The van der Waals surface area contributed by atoms with Crippen LogP contribution in [-0.2, 0) is 6.54 Å². The van der Waals surface area contributed by atoms with E-state index in [1.807, 2.05) is 6.07 Å². The van der Waals surface area contributed by atoms with Gasteiger partial charge in [-0.3, -0.25) is 0 Å². The molecule has 6 heteroatoms. The Balaban J connectivity index is 2.08. The van der Waals surface area contributed by atoms with Crippen molar-refractivity contribution in [3.05, 3.63) is 52.5 Å². The van der Waals surface area contributed by atoms with Gasteiger partial charge in [0.1, 0.15) is 10.4 Å². The summed E-state index contributed by atoms with van der Waals surface area (Å²) >= 11 is 3.36. The summed E-state index contributed by atoms with van der Waals surface area (Å²) in [6.07, 6.45) is 1.60. The second kappa shape index (κ2) is 4.45. The fraction of sp³-hybridized carbons (Fsp3) is 0.0833. The molecule has 3 aromatic rings. The first-order chi connectivity index (χ1) is 8.75. The Bertz CT molecular complexity index is 710. The molecule has 0 atom stereocenters. The quantitative estimate of drug-likeness (QED) is 0.731. The van der Waals surface area contributed by atoms with Gasteiger partial charge < -0.3 is 0 Å². The molecule has 0 saturated carbocycles. The van der Waals surface area contributed by atoms with Gasteiger partial charge in [0.05, 0.1) is 18.1 Å². The van der Waals surface area contributed by atoms with Crippen LogP contribution in [0.3, 0.4) is 0 Å². The molecule has 0 amide bonds. The standard InChI is InChI=1S/C12H8BrFN4/c13-11-9-5-6-15-16-12(9)18(17-11)7-8-3-1-2-4-10(8)14/h1-6H,7H2. The third-order valence-electron chi connectivity index (χ3n) is 2.65. The lowest BCUT2D eigenvalue weighted by Crippen LogP contribution is -2.04. The monoisotopic (exact) mass is 306 g/mol. The number of benzene rings is 1. The van der Waals surface area contributed by atoms with E-state index in [1.165, 1.54) is 6.07 Å². The zero-order valence-electron chi connectivity index (χ0n) is 9.22. The molecule has 0 bridgehead atoms. The third kappa shape index (κ3) is 1.88. The van der Waals surface area contributed by atoms with E-state index in [0.29, 0.717) is 22.4 Å². The van der Waals surface area contributed by atoms with Crippen LogP contribution >= 0.6 is 15.9 Å². The first-order valence-corrected chi connectivity index (χ1v) is 6.12. The average Bonchev–Trinajstić information content (AvgIpc) is 2.70. The van der Waals surface area contributed by atoms with Crippen molar-refractivity contribution in [3.8, 4) is 0 Å². The summed E-state index contributed by atoms with van der Waals surface area (Å²) in [7, 11) is 0. The van der Waals surface area contributed by atoms with Crippen molar-refractivity contribution in [2.45, 2.75) is 6.54 Å². The summed E-state index contributed by atoms with van der Waals surface area (Å²) in [6.45, 7) is 0.327. The molecule has 0 spiro atoms. The second-order valence-corrected chi connectivity index (χ2v) is 4.56. The van der Waals surface area contributed by atoms with Gasteiger partial charge in [-0.05, 0) is 28.1 Å². The predicted molar refractivity (Wildman–Crippen MR) is 68.5 cm³/mol. The molecule has 90 valence electrons. The van der Waals surface area contributed by atoms with Crippen LogP contribution in [0, 0.1) is 5.82 Å². The normalized spacial score (nSPS) is 11.0. The fourth-order valence-corrected chi connectivity index (χ4v) is 2.28. The van der Waals surface area contributed by atoms with Crippen LogP contribution in [0.2, 0.25) is 0 Å². The van der Waals surface area contributed by atoms with E-state index in [1.54, 1.807) is 29.1 Å². The summed E-state index contributed by atoms with van der Waals surface area (Å²) in [5.74, 6) is -0.249. The van der Waals surface area contributed by atoms with Gasteiger partial charge >= 0.3 is 0 Å². The molecule has 18 heavy (non-hydrogen) atoms. The molecule has 2 heterocycles. The van der Waals surface area contributed by atoms with Gasteiger partial charge in [0.2, 0.25) is 0 Å². The lowest BCUT2D eigenvalue weighted by Gasteiger charge is -2.03. The van der Waals surface area contributed by atoms with Gasteiger partial charge in [-0.1, -0.05) is 18.2 Å². The molecule has 0 unspecified atom stereocenters. The van der Waals surface area contributed by atoms with Crippen LogP contribution in [0.4, 0.5) is 4.39 Å². The molecular formula is C12H8BrFN4. The number of nitrogens with zero attached hydrogens (tertiary/aromatic N) is 4. The molecule has 0 N–H and O–H groups in total. The molecule has 0 aliphatic heterocycles. The van der Waals surface area contributed by atoms with E-state index in [4.69, 9.17) is 0 Å². The van der Waals surface area contributed by atoms with E-state index < -0.39 is 0 Å². The van der Waals surface area contributed by atoms with Crippen molar-refractivity contribution >= 4 is 27.0 Å². The number of fused-ring (bicyclic) bond motifs is 1. The molecule has 0 radical (unpaired) electrons. The maximum atomic E-state index is 13.6. The molecule has 0 aliphatic rings.